The molecule has 0 radical (unpaired) electrons. The van der Waals surface area contributed by atoms with Crippen LogP contribution in [0.25, 0.3) is 0 Å². The smallest absolute Gasteiger partial charge is 0.303 e. The van der Waals surface area contributed by atoms with Gasteiger partial charge in [-0.05, 0) is 43.9 Å². The van der Waals surface area contributed by atoms with Crippen molar-refractivity contribution < 1.29 is 14.6 Å². The number of carbonyl (C=O) groups is 1. The predicted octanol–water partition coefficient (Wildman–Crippen LogP) is 3.02. The molecule has 0 spiro atoms. The van der Waals surface area contributed by atoms with Crippen molar-refractivity contribution in [2.24, 2.45) is 5.92 Å². The first-order valence-corrected chi connectivity index (χ1v) is 6.10. The number of ether oxygens (including phenoxy) is 1. The van der Waals surface area contributed by atoms with Gasteiger partial charge >= 0.3 is 5.97 Å². The summed E-state index contributed by atoms with van der Waals surface area (Å²) >= 11 is 0. The lowest BCUT2D eigenvalue weighted by molar-refractivity contribution is -0.138. The van der Waals surface area contributed by atoms with Gasteiger partial charge in [-0.25, -0.2) is 0 Å². The molecule has 17 heavy (non-hydrogen) atoms. The molecule has 3 heteroatoms. The van der Waals surface area contributed by atoms with Crippen molar-refractivity contribution in [3.05, 3.63) is 29.8 Å². The molecule has 3 nitrogen and oxygen atoms in total. The highest BCUT2D eigenvalue weighted by Gasteiger charge is 2.30. The van der Waals surface area contributed by atoms with Gasteiger partial charge in [0.2, 0.25) is 0 Å². The molecule has 2 rings (SSSR count). The Hall–Kier alpha value is -1.51. The highest BCUT2D eigenvalue weighted by atomic mass is 16.5. The lowest BCUT2D eigenvalue weighted by atomic mass is 10.0. The van der Waals surface area contributed by atoms with E-state index in [1.165, 1.54) is 0 Å². The molecule has 0 saturated heterocycles. The molecule has 2 unspecified atom stereocenters. The van der Waals surface area contributed by atoms with Crippen LogP contribution >= 0.6 is 0 Å². The van der Waals surface area contributed by atoms with Crippen LogP contribution in [0.4, 0.5) is 0 Å². The molecular formula is C14H18O3. The molecule has 2 atom stereocenters. The van der Waals surface area contributed by atoms with Crippen LogP contribution in [0.2, 0.25) is 0 Å². The summed E-state index contributed by atoms with van der Waals surface area (Å²) in [5.41, 5.74) is 1.16. The molecule has 92 valence electrons. The Morgan fingerprint density at radius 2 is 2.29 bits per heavy atom. The van der Waals surface area contributed by atoms with Crippen molar-refractivity contribution in [1.82, 2.24) is 0 Å². The van der Waals surface area contributed by atoms with Crippen LogP contribution < -0.4 is 4.74 Å². The Morgan fingerprint density at radius 3 is 3.00 bits per heavy atom. The Morgan fingerprint density at radius 1 is 1.47 bits per heavy atom. The van der Waals surface area contributed by atoms with E-state index < -0.39 is 5.97 Å². The van der Waals surface area contributed by atoms with E-state index in [9.17, 15) is 4.79 Å². The zero-order chi connectivity index (χ0) is 12.3. The first-order chi connectivity index (χ1) is 8.15. The quantitative estimate of drug-likeness (QED) is 0.871. The van der Waals surface area contributed by atoms with Crippen LogP contribution in [0.15, 0.2) is 24.3 Å². The van der Waals surface area contributed by atoms with Gasteiger partial charge in [0.25, 0.3) is 0 Å². The molecule has 1 fully saturated rings. The number of hydrogen-bond acceptors (Lipinski definition) is 2. The van der Waals surface area contributed by atoms with Crippen LogP contribution in [0.1, 0.15) is 31.2 Å². The van der Waals surface area contributed by atoms with Crippen LogP contribution in [-0.2, 0) is 4.79 Å². The fraction of sp³-hybridized carbons (Fsp3) is 0.500. The number of aliphatic carboxylic acids is 1. The molecule has 1 N–H and O–H groups in total. The van der Waals surface area contributed by atoms with E-state index in [1.807, 2.05) is 31.2 Å². The van der Waals surface area contributed by atoms with E-state index in [0.29, 0.717) is 0 Å². The fourth-order valence-corrected chi connectivity index (χ4v) is 2.48. The Balaban J connectivity index is 2.00. The SMILES string of the molecule is Cc1cccc(OC2CCCC2CC(=O)O)c1. The van der Waals surface area contributed by atoms with E-state index in [1.54, 1.807) is 0 Å². The van der Waals surface area contributed by atoms with Gasteiger partial charge in [0.15, 0.2) is 0 Å². The highest BCUT2D eigenvalue weighted by molar-refractivity contribution is 5.67. The average molecular weight is 234 g/mol. The van der Waals surface area contributed by atoms with Crippen molar-refractivity contribution in [3.63, 3.8) is 0 Å². The summed E-state index contributed by atoms with van der Waals surface area (Å²) in [7, 11) is 0. The van der Waals surface area contributed by atoms with Gasteiger partial charge in [-0.1, -0.05) is 12.1 Å². The van der Waals surface area contributed by atoms with E-state index >= 15 is 0 Å². The topological polar surface area (TPSA) is 46.5 Å². The second-order valence-corrected chi connectivity index (χ2v) is 4.76. The van der Waals surface area contributed by atoms with Crippen molar-refractivity contribution in [2.45, 2.75) is 38.7 Å². The third kappa shape index (κ3) is 3.22. The summed E-state index contributed by atoms with van der Waals surface area (Å²) in [5, 5.41) is 8.85. The number of carboxylic acids is 1. The van der Waals surface area contributed by atoms with Crippen LogP contribution in [-0.4, -0.2) is 17.2 Å². The maximum atomic E-state index is 10.8. The van der Waals surface area contributed by atoms with E-state index in [0.717, 1.165) is 30.6 Å². The lowest BCUT2D eigenvalue weighted by Gasteiger charge is -2.20. The number of aryl methyl sites for hydroxylation is 1. The second-order valence-electron chi connectivity index (χ2n) is 4.76. The predicted molar refractivity (Wildman–Crippen MR) is 65.2 cm³/mol. The second kappa shape index (κ2) is 5.21. The van der Waals surface area contributed by atoms with Gasteiger partial charge in [-0.3, -0.25) is 4.79 Å². The maximum Gasteiger partial charge on any atom is 0.303 e. The molecule has 0 amide bonds. The number of carboxylic acid groups (broad SMARTS) is 1. The number of rotatable bonds is 4. The monoisotopic (exact) mass is 234 g/mol. The molecule has 0 bridgehead atoms. The van der Waals surface area contributed by atoms with Gasteiger partial charge < -0.3 is 9.84 Å². The largest absolute Gasteiger partial charge is 0.490 e. The molecule has 0 aliphatic heterocycles. The molecule has 1 aromatic carbocycles. The Kier molecular flexibility index (Phi) is 3.67. The minimum atomic E-state index is -0.727. The van der Waals surface area contributed by atoms with Crippen molar-refractivity contribution in [1.29, 1.82) is 0 Å². The van der Waals surface area contributed by atoms with E-state index in [4.69, 9.17) is 9.84 Å². The van der Waals surface area contributed by atoms with Crippen molar-refractivity contribution in [3.8, 4) is 5.75 Å². The summed E-state index contributed by atoms with van der Waals surface area (Å²) in [6, 6.07) is 7.92. The maximum absolute atomic E-state index is 10.8. The van der Waals surface area contributed by atoms with Crippen LogP contribution in [0.5, 0.6) is 5.75 Å². The Bertz CT molecular complexity index is 400. The molecular weight excluding hydrogens is 216 g/mol. The van der Waals surface area contributed by atoms with E-state index in [-0.39, 0.29) is 18.4 Å². The van der Waals surface area contributed by atoms with Crippen LogP contribution in [0.3, 0.4) is 0 Å². The molecule has 1 saturated carbocycles. The fourth-order valence-electron chi connectivity index (χ4n) is 2.48. The van der Waals surface area contributed by atoms with Gasteiger partial charge in [-0.15, -0.1) is 0 Å². The Labute approximate surface area is 101 Å². The third-order valence-electron chi connectivity index (χ3n) is 3.30. The first kappa shape index (κ1) is 12.0. The zero-order valence-corrected chi connectivity index (χ0v) is 10.1. The van der Waals surface area contributed by atoms with Gasteiger partial charge in [0.05, 0.1) is 6.42 Å². The molecule has 0 aromatic heterocycles. The summed E-state index contributed by atoms with van der Waals surface area (Å²) in [6.07, 6.45) is 3.27. The lowest BCUT2D eigenvalue weighted by Crippen LogP contribution is -2.23. The number of benzene rings is 1. The molecule has 1 aliphatic carbocycles. The molecule has 0 heterocycles. The van der Waals surface area contributed by atoms with Gasteiger partial charge in [0, 0.05) is 5.92 Å². The van der Waals surface area contributed by atoms with Crippen molar-refractivity contribution in [2.75, 3.05) is 0 Å². The first-order valence-electron chi connectivity index (χ1n) is 6.10. The zero-order valence-electron chi connectivity index (χ0n) is 10.1. The number of hydrogen-bond donors (Lipinski definition) is 1. The summed E-state index contributed by atoms with van der Waals surface area (Å²) in [6.45, 7) is 2.02. The minimum absolute atomic E-state index is 0.0629. The molecule has 1 aromatic rings. The van der Waals surface area contributed by atoms with Gasteiger partial charge in [-0.2, -0.15) is 0 Å². The van der Waals surface area contributed by atoms with E-state index in [2.05, 4.69) is 0 Å². The third-order valence-corrected chi connectivity index (χ3v) is 3.30. The minimum Gasteiger partial charge on any atom is -0.490 e. The van der Waals surface area contributed by atoms with Gasteiger partial charge in [0.1, 0.15) is 11.9 Å². The van der Waals surface area contributed by atoms with Crippen molar-refractivity contribution >= 4 is 5.97 Å². The summed E-state index contributed by atoms with van der Waals surface area (Å²) in [4.78, 5) is 10.8. The highest BCUT2D eigenvalue weighted by Crippen LogP contribution is 2.32. The summed E-state index contributed by atoms with van der Waals surface area (Å²) < 4.78 is 5.91. The summed E-state index contributed by atoms with van der Waals surface area (Å²) in [5.74, 6) is 0.287. The van der Waals surface area contributed by atoms with Crippen LogP contribution in [0, 0.1) is 12.8 Å². The normalized spacial score (nSPS) is 23.6. The average Bonchev–Trinajstić information content (AvgIpc) is 2.65. The molecule has 1 aliphatic rings. The standard InChI is InChI=1S/C14H18O3/c1-10-4-2-6-12(8-10)17-13-7-3-5-11(13)9-14(15)16/h2,4,6,8,11,13H,3,5,7,9H2,1H3,(H,15,16).